The molecule has 15 heavy (non-hydrogen) atoms. The Labute approximate surface area is 91.6 Å². The molecule has 82 valence electrons. The van der Waals surface area contributed by atoms with Crippen LogP contribution in [0.4, 0.5) is 0 Å². The first kappa shape index (κ1) is 10.7. The zero-order valence-corrected chi connectivity index (χ0v) is 9.33. The van der Waals surface area contributed by atoms with Gasteiger partial charge in [-0.2, -0.15) is 0 Å². The zero-order chi connectivity index (χ0) is 10.6. The minimum atomic E-state index is 0.442. The van der Waals surface area contributed by atoms with E-state index in [0.29, 0.717) is 5.41 Å². The van der Waals surface area contributed by atoms with Crippen LogP contribution in [0.1, 0.15) is 12.0 Å². The Kier molecular flexibility index (Phi) is 3.39. The summed E-state index contributed by atoms with van der Waals surface area (Å²) in [5, 5.41) is 3.38. The van der Waals surface area contributed by atoms with Crippen LogP contribution in [0, 0.1) is 5.41 Å². The van der Waals surface area contributed by atoms with Gasteiger partial charge >= 0.3 is 0 Å². The van der Waals surface area contributed by atoms with E-state index in [-0.39, 0.29) is 0 Å². The normalized spacial score (nSPS) is 18.5. The Morgan fingerprint density at radius 1 is 1.27 bits per heavy atom. The predicted molar refractivity (Wildman–Crippen MR) is 61.9 cm³/mol. The maximum atomic E-state index is 5.18. The quantitative estimate of drug-likeness (QED) is 0.792. The summed E-state index contributed by atoms with van der Waals surface area (Å²) in [6, 6.07) is 10.7. The summed E-state index contributed by atoms with van der Waals surface area (Å²) >= 11 is 0. The zero-order valence-electron chi connectivity index (χ0n) is 9.33. The number of methoxy groups -OCH3 is 1. The number of nitrogens with one attached hydrogen (secondary N) is 1. The van der Waals surface area contributed by atoms with Gasteiger partial charge in [-0.05, 0) is 18.4 Å². The first-order valence-corrected chi connectivity index (χ1v) is 5.58. The van der Waals surface area contributed by atoms with Crippen molar-refractivity contribution < 1.29 is 4.74 Å². The summed E-state index contributed by atoms with van der Waals surface area (Å²) in [4.78, 5) is 0. The fourth-order valence-corrected chi connectivity index (χ4v) is 2.22. The molecule has 0 radical (unpaired) electrons. The van der Waals surface area contributed by atoms with Crippen molar-refractivity contribution in [2.24, 2.45) is 5.41 Å². The number of hydrogen-bond acceptors (Lipinski definition) is 2. The van der Waals surface area contributed by atoms with Gasteiger partial charge in [-0.1, -0.05) is 30.3 Å². The second-order valence-electron chi connectivity index (χ2n) is 4.51. The highest BCUT2D eigenvalue weighted by Gasteiger charge is 2.36. The molecule has 0 aliphatic carbocycles. The maximum absolute atomic E-state index is 5.18. The van der Waals surface area contributed by atoms with Gasteiger partial charge in [0.1, 0.15) is 0 Å². The van der Waals surface area contributed by atoms with E-state index in [1.54, 1.807) is 7.11 Å². The van der Waals surface area contributed by atoms with Gasteiger partial charge in [-0.15, -0.1) is 0 Å². The van der Waals surface area contributed by atoms with Gasteiger partial charge in [-0.25, -0.2) is 0 Å². The molecule has 0 saturated carbocycles. The SMILES string of the molecule is COCCC1(Cc2ccccc2)CNC1. The Balaban J connectivity index is 1.96. The van der Waals surface area contributed by atoms with Gasteiger partial charge in [0.15, 0.2) is 0 Å². The van der Waals surface area contributed by atoms with Crippen molar-refractivity contribution in [3.8, 4) is 0 Å². The van der Waals surface area contributed by atoms with Gasteiger partial charge in [0.05, 0.1) is 0 Å². The summed E-state index contributed by atoms with van der Waals surface area (Å²) < 4.78 is 5.18. The van der Waals surface area contributed by atoms with Crippen LogP contribution in [0.5, 0.6) is 0 Å². The van der Waals surface area contributed by atoms with Gasteiger partial charge in [0.2, 0.25) is 0 Å². The van der Waals surface area contributed by atoms with Crippen molar-refractivity contribution in [2.45, 2.75) is 12.8 Å². The predicted octanol–water partition coefficient (Wildman–Crippen LogP) is 1.86. The van der Waals surface area contributed by atoms with Crippen LogP contribution < -0.4 is 5.32 Å². The number of ether oxygens (including phenoxy) is 1. The van der Waals surface area contributed by atoms with Gasteiger partial charge in [0, 0.05) is 32.2 Å². The summed E-state index contributed by atoms with van der Waals surface area (Å²) in [5.74, 6) is 0. The first-order valence-electron chi connectivity index (χ1n) is 5.58. The van der Waals surface area contributed by atoms with E-state index in [1.165, 1.54) is 12.0 Å². The largest absolute Gasteiger partial charge is 0.385 e. The molecule has 0 bridgehead atoms. The highest BCUT2D eigenvalue weighted by Crippen LogP contribution is 2.31. The van der Waals surface area contributed by atoms with Crippen molar-refractivity contribution in [1.82, 2.24) is 5.32 Å². The highest BCUT2D eigenvalue weighted by atomic mass is 16.5. The fraction of sp³-hybridized carbons (Fsp3) is 0.538. The van der Waals surface area contributed by atoms with Crippen molar-refractivity contribution in [2.75, 3.05) is 26.8 Å². The monoisotopic (exact) mass is 205 g/mol. The molecule has 1 aromatic rings. The molecule has 0 unspecified atom stereocenters. The molecule has 1 aliphatic heterocycles. The number of benzene rings is 1. The Bertz CT molecular complexity index is 293. The number of rotatable bonds is 5. The van der Waals surface area contributed by atoms with E-state index in [1.807, 2.05) is 0 Å². The molecule has 0 aromatic heterocycles. The van der Waals surface area contributed by atoms with E-state index >= 15 is 0 Å². The lowest BCUT2D eigenvalue weighted by molar-refractivity contribution is 0.0908. The van der Waals surface area contributed by atoms with E-state index in [4.69, 9.17) is 4.74 Å². The van der Waals surface area contributed by atoms with Crippen LogP contribution in [-0.2, 0) is 11.2 Å². The lowest BCUT2D eigenvalue weighted by Crippen LogP contribution is -2.55. The second-order valence-corrected chi connectivity index (χ2v) is 4.51. The van der Waals surface area contributed by atoms with Crippen LogP contribution >= 0.6 is 0 Å². The summed E-state index contributed by atoms with van der Waals surface area (Å²) in [6.45, 7) is 3.13. The van der Waals surface area contributed by atoms with Gasteiger partial charge in [-0.3, -0.25) is 0 Å². The molecule has 1 fully saturated rings. The molecule has 2 rings (SSSR count). The Morgan fingerprint density at radius 2 is 2.00 bits per heavy atom. The summed E-state index contributed by atoms with van der Waals surface area (Å²) in [5.41, 5.74) is 1.88. The molecule has 0 spiro atoms. The molecule has 0 atom stereocenters. The second kappa shape index (κ2) is 4.77. The molecule has 1 heterocycles. The fourth-order valence-electron chi connectivity index (χ4n) is 2.22. The molecule has 1 N–H and O–H groups in total. The van der Waals surface area contributed by atoms with Crippen molar-refractivity contribution >= 4 is 0 Å². The van der Waals surface area contributed by atoms with E-state index in [2.05, 4.69) is 35.6 Å². The lowest BCUT2D eigenvalue weighted by atomic mass is 9.74. The van der Waals surface area contributed by atoms with Crippen LogP contribution in [-0.4, -0.2) is 26.8 Å². The Hall–Kier alpha value is -0.860. The molecule has 0 amide bonds. The molecular weight excluding hydrogens is 186 g/mol. The molecule has 1 aliphatic rings. The number of hydrogen-bond donors (Lipinski definition) is 1. The lowest BCUT2D eigenvalue weighted by Gasteiger charge is -2.43. The topological polar surface area (TPSA) is 21.3 Å². The molecule has 2 heteroatoms. The van der Waals surface area contributed by atoms with Crippen LogP contribution in [0.3, 0.4) is 0 Å². The minimum absolute atomic E-state index is 0.442. The molecule has 2 nitrogen and oxygen atoms in total. The smallest absolute Gasteiger partial charge is 0.0468 e. The average Bonchev–Trinajstić information content (AvgIpc) is 2.23. The summed E-state index contributed by atoms with van der Waals surface area (Å²) in [7, 11) is 1.78. The summed E-state index contributed by atoms with van der Waals surface area (Å²) in [6.07, 6.45) is 2.33. The van der Waals surface area contributed by atoms with Crippen molar-refractivity contribution in [1.29, 1.82) is 0 Å². The Morgan fingerprint density at radius 3 is 2.53 bits per heavy atom. The average molecular weight is 205 g/mol. The first-order chi connectivity index (χ1) is 7.35. The third kappa shape index (κ3) is 2.58. The molecule has 1 saturated heterocycles. The van der Waals surface area contributed by atoms with Crippen LogP contribution in [0.25, 0.3) is 0 Å². The van der Waals surface area contributed by atoms with E-state index in [9.17, 15) is 0 Å². The minimum Gasteiger partial charge on any atom is -0.385 e. The third-order valence-electron chi connectivity index (χ3n) is 3.26. The van der Waals surface area contributed by atoms with Crippen LogP contribution in [0.2, 0.25) is 0 Å². The van der Waals surface area contributed by atoms with Crippen molar-refractivity contribution in [3.63, 3.8) is 0 Å². The van der Waals surface area contributed by atoms with Gasteiger partial charge in [0.25, 0.3) is 0 Å². The standard InChI is InChI=1S/C13H19NO/c1-15-8-7-13(10-14-11-13)9-12-5-3-2-4-6-12/h2-6,14H,7-11H2,1H3. The highest BCUT2D eigenvalue weighted by molar-refractivity contribution is 5.18. The maximum Gasteiger partial charge on any atom is 0.0468 e. The van der Waals surface area contributed by atoms with Crippen LogP contribution in [0.15, 0.2) is 30.3 Å². The third-order valence-corrected chi connectivity index (χ3v) is 3.26. The molecule has 1 aromatic carbocycles. The van der Waals surface area contributed by atoms with E-state index in [0.717, 1.165) is 26.1 Å². The van der Waals surface area contributed by atoms with E-state index < -0.39 is 0 Å². The van der Waals surface area contributed by atoms with Crippen molar-refractivity contribution in [3.05, 3.63) is 35.9 Å². The van der Waals surface area contributed by atoms with Gasteiger partial charge < -0.3 is 10.1 Å². The molecular formula is C13H19NO.